The molecular weight excluding hydrogens is 252 g/mol. The van der Waals surface area contributed by atoms with Crippen LogP contribution >= 0.6 is 11.6 Å². The van der Waals surface area contributed by atoms with Crippen molar-refractivity contribution in [2.24, 2.45) is 5.41 Å². The molecule has 0 saturated heterocycles. The van der Waals surface area contributed by atoms with Crippen LogP contribution in [0.3, 0.4) is 0 Å². The van der Waals surface area contributed by atoms with E-state index in [2.05, 4.69) is 5.32 Å². The minimum atomic E-state index is -0.812. The molecular formula is C11H14ClF2NO2. The van der Waals surface area contributed by atoms with Gasteiger partial charge in [0.1, 0.15) is 5.82 Å². The van der Waals surface area contributed by atoms with Gasteiger partial charge in [-0.3, -0.25) is 0 Å². The molecule has 0 spiro atoms. The molecule has 6 heteroatoms. The van der Waals surface area contributed by atoms with Gasteiger partial charge in [-0.05, 0) is 6.07 Å². The average Bonchev–Trinajstić information content (AvgIpc) is 2.27. The first-order valence-electron chi connectivity index (χ1n) is 5.02. The smallest absolute Gasteiger partial charge is 0.150 e. The zero-order chi connectivity index (χ0) is 13.1. The van der Waals surface area contributed by atoms with Crippen LogP contribution in [-0.2, 0) is 0 Å². The highest BCUT2D eigenvalue weighted by atomic mass is 35.5. The van der Waals surface area contributed by atoms with Crippen molar-refractivity contribution in [3.05, 3.63) is 28.8 Å². The van der Waals surface area contributed by atoms with Gasteiger partial charge in [-0.1, -0.05) is 18.5 Å². The summed E-state index contributed by atoms with van der Waals surface area (Å²) in [4.78, 5) is 0. The summed E-state index contributed by atoms with van der Waals surface area (Å²) in [5.74, 6) is -1.57. The molecule has 0 radical (unpaired) electrons. The lowest BCUT2D eigenvalue weighted by atomic mass is 9.93. The van der Waals surface area contributed by atoms with Crippen LogP contribution in [0, 0.1) is 17.0 Å². The first-order valence-corrected chi connectivity index (χ1v) is 5.40. The summed E-state index contributed by atoms with van der Waals surface area (Å²) in [6, 6.07) is 1.70. The summed E-state index contributed by atoms with van der Waals surface area (Å²) in [5.41, 5.74) is -0.842. The van der Waals surface area contributed by atoms with Crippen molar-refractivity contribution in [3.8, 4) is 0 Å². The molecule has 0 heterocycles. The molecule has 0 fully saturated rings. The largest absolute Gasteiger partial charge is 0.396 e. The quantitative estimate of drug-likeness (QED) is 0.763. The van der Waals surface area contributed by atoms with Crippen molar-refractivity contribution in [1.82, 2.24) is 0 Å². The Morgan fingerprint density at radius 1 is 1.29 bits per heavy atom. The number of aliphatic hydroxyl groups is 2. The van der Waals surface area contributed by atoms with Gasteiger partial charge in [0.15, 0.2) is 5.82 Å². The Morgan fingerprint density at radius 3 is 2.35 bits per heavy atom. The lowest BCUT2D eigenvalue weighted by molar-refractivity contribution is 0.0806. The molecule has 96 valence electrons. The maximum Gasteiger partial charge on any atom is 0.150 e. The van der Waals surface area contributed by atoms with Gasteiger partial charge < -0.3 is 15.5 Å². The van der Waals surface area contributed by atoms with Crippen molar-refractivity contribution in [3.63, 3.8) is 0 Å². The third-order valence-electron chi connectivity index (χ3n) is 2.46. The Balaban J connectivity index is 2.83. The lowest BCUT2D eigenvalue weighted by Crippen LogP contribution is -2.34. The highest BCUT2D eigenvalue weighted by Crippen LogP contribution is 2.27. The van der Waals surface area contributed by atoms with E-state index in [0.29, 0.717) is 6.07 Å². The van der Waals surface area contributed by atoms with E-state index in [1.807, 2.05) is 0 Å². The zero-order valence-corrected chi connectivity index (χ0v) is 10.1. The summed E-state index contributed by atoms with van der Waals surface area (Å²) < 4.78 is 26.2. The number of hydrogen-bond acceptors (Lipinski definition) is 3. The molecule has 0 aliphatic heterocycles. The Kier molecular flexibility index (Phi) is 4.68. The Labute approximate surface area is 103 Å². The first-order chi connectivity index (χ1) is 7.91. The molecule has 1 aromatic carbocycles. The second kappa shape index (κ2) is 5.62. The molecule has 0 aliphatic rings. The highest BCUT2D eigenvalue weighted by Gasteiger charge is 2.23. The number of aliphatic hydroxyl groups excluding tert-OH is 2. The predicted molar refractivity (Wildman–Crippen MR) is 62.1 cm³/mol. The summed E-state index contributed by atoms with van der Waals surface area (Å²) in [6.07, 6.45) is 0. The molecule has 0 unspecified atom stereocenters. The molecule has 1 rings (SSSR count). The van der Waals surface area contributed by atoms with Gasteiger partial charge in [0.05, 0.1) is 23.9 Å². The normalized spacial score (nSPS) is 11.6. The lowest BCUT2D eigenvalue weighted by Gasteiger charge is -2.25. The zero-order valence-electron chi connectivity index (χ0n) is 9.30. The van der Waals surface area contributed by atoms with Gasteiger partial charge in [0.2, 0.25) is 0 Å². The summed E-state index contributed by atoms with van der Waals surface area (Å²) in [6.45, 7) is 1.20. The molecule has 0 bridgehead atoms. The Morgan fingerprint density at radius 2 is 1.88 bits per heavy atom. The van der Waals surface area contributed by atoms with E-state index >= 15 is 0 Å². The molecule has 3 nitrogen and oxygen atoms in total. The highest BCUT2D eigenvalue weighted by molar-refractivity contribution is 6.33. The monoisotopic (exact) mass is 265 g/mol. The molecule has 1 aromatic rings. The van der Waals surface area contributed by atoms with Gasteiger partial charge in [-0.25, -0.2) is 8.78 Å². The van der Waals surface area contributed by atoms with E-state index in [-0.39, 0.29) is 30.5 Å². The number of nitrogens with one attached hydrogen (secondary N) is 1. The third-order valence-corrected chi connectivity index (χ3v) is 2.76. The van der Waals surface area contributed by atoms with Crippen molar-refractivity contribution >= 4 is 17.3 Å². The second-order valence-corrected chi connectivity index (χ2v) is 4.63. The molecule has 0 atom stereocenters. The minimum Gasteiger partial charge on any atom is -0.396 e. The molecule has 0 amide bonds. The maximum atomic E-state index is 13.4. The average molecular weight is 266 g/mol. The maximum absolute atomic E-state index is 13.4. The summed E-state index contributed by atoms with van der Waals surface area (Å²) in [5, 5.41) is 20.7. The fourth-order valence-corrected chi connectivity index (χ4v) is 1.44. The minimum absolute atomic E-state index is 0.0406. The van der Waals surface area contributed by atoms with Gasteiger partial charge in [-0.15, -0.1) is 0 Å². The molecule has 17 heavy (non-hydrogen) atoms. The summed E-state index contributed by atoms with van der Waals surface area (Å²) >= 11 is 5.68. The number of halogens is 3. The fourth-order valence-electron chi connectivity index (χ4n) is 1.17. The molecule has 0 saturated carbocycles. The Hall–Kier alpha value is -0.910. The number of rotatable bonds is 5. The Bertz CT molecular complexity index is 374. The van der Waals surface area contributed by atoms with Crippen LogP contribution in [0.25, 0.3) is 0 Å². The van der Waals surface area contributed by atoms with Crippen molar-refractivity contribution in [2.45, 2.75) is 6.92 Å². The van der Waals surface area contributed by atoms with E-state index in [1.165, 1.54) is 0 Å². The van der Waals surface area contributed by atoms with E-state index in [4.69, 9.17) is 21.8 Å². The van der Waals surface area contributed by atoms with Crippen molar-refractivity contribution < 1.29 is 19.0 Å². The SMILES string of the molecule is CC(CO)(CO)CNc1c(F)cc(F)cc1Cl. The van der Waals surface area contributed by atoms with Gasteiger partial charge >= 0.3 is 0 Å². The van der Waals surface area contributed by atoms with Crippen molar-refractivity contribution in [1.29, 1.82) is 0 Å². The van der Waals surface area contributed by atoms with Crippen LogP contribution in [0.15, 0.2) is 12.1 Å². The van der Waals surface area contributed by atoms with Crippen LogP contribution in [0.5, 0.6) is 0 Å². The predicted octanol–water partition coefficient (Wildman–Crippen LogP) is 2.02. The topological polar surface area (TPSA) is 52.5 Å². The van der Waals surface area contributed by atoms with Crippen LogP contribution < -0.4 is 5.32 Å². The number of anilines is 1. The van der Waals surface area contributed by atoms with E-state index < -0.39 is 17.0 Å². The third kappa shape index (κ3) is 3.52. The van der Waals surface area contributed by atoms with Gasteiger partial charge in [0.25, 0.3) is 0 Å². The van der Waals surface area contributed by atoms with Crippen LogP contribution in [-0.4, -0.2) is 30.0 Å². The number of hydrogen-bond donors (Lipinski definition) is 3. The van der Waals surface area contributed by atoms with Crippen LogP contribution in [0.4, 0.5) is 14.5 Å². The van der Waals surface area contributed by atoms with E-state index in [0.717, 1.165) is 6.07 Å². The standard InChI is InChI=1S/C11H14ClF2NO2/c1-11(5-16,6-17)4-15-10-8(12)2-7(13)3-9(10)14/h2-3,15-17H,4-6H2,1H3. The van der Waals surface area contributed by atoms with Crippen LogP contribution in [0.2, 0.25) is 5.02 Å². The number of benzene rings is 1. The van der Waals surface area contributed by atoms with E-state index in [1.54, 1.807) is 6.92 Å². The van der Waals surface area contributed by atoms with Crippen LogP contribution in [0.1, 0.15) is 6.92 Å². The summed E-state index contributed by atoms with van der Waals surface area (Å²) in [7, 11) is 0. The molecule has 0 aliphatic carbocycles. The van der Waals surface area contributed by atoms with Gasteiger partial charge in [-0.2, -0.15) is 0 Å². The molecule has 3 N–H and O–H groups in total. The van der Waals surface area contributed by atoms with E-state index in [9.17, 15) is 8.78 Å². The first kappa shape index (κ1) is 14.2. The second-order valence-electron chi connectivity index (χ2n) is 4.22. The van der Waals surface area contributed by atoms with Gasteiger partial charge in [0, 0.05) is 18.0 Å². The van der Waals surface area contributed by atoms with Crippen molar-refractivity contribution in [2.75, 3.05) is 25.1 Å². The molecule has 0 aromatic heterocycles. The fraction of sp³-hybridized carbons (Fsp3) is 0.455.